The average molecular weight is 425 g/mol. The molecule has 0 aliphatic rings. The van der Waals surface area contributed by atoms with Crippen LogP contribution in [0.4, 0.5) is 0 Å². The fourth-order valence-corrected chi connectivity index (χ4v) is 3.84. The van der Waals surface area contributed by atoms with Gasteiger partial charge < -0.3 is 0 Å². The first kappa shape index (κ1) is 22.9. The molecule has 0 radical (unpaired) electrons. The number of rotatable bonds is 7. The molecule has 158 valence electrons. The fourth-order valence-electron chi connectivity index (χ4n) is 3.16. The molecule has 3 aromatic carbocycles. The average Bonchev–Trinajstić information content (AvgIpc) is 2.75. The van der Waals surface area contributed by atoms with Gasteiger partial charge in [-0.1, -0.05) is 115 Å². The lowest BCUT2D eigenvalue weighted by atomic mass is 9.95. The minimum atomic E-state index is 0.530. The Morgan fingerprint density at radius 2 is 1.16 bits per heavy atom. The zero-order valence-electron chi connectivity index (χ0n) is 19.2. The molecule has 0 saturated heterocycles. The van der Waals surface area contributed by atoms with Crippen molar-refractivity contribution in [3.05, 3.63) is 123 Å². The molecule has 0 amide bonds. The third kappa shape index (κ3) is 7.15. The van der Waals surface area contributed by atoms with Crippen LogP contribution in [-0.4, -0.2) is 5.25 Å². The van der Waals surface area contributed by atoms with E-state index < -0.39 is 0 Å². The maximum Gasteiger partial charge on any atom is 0.00320 e. The Kier molecular flexibility index (Phi) is 8.14. The first-order valence-corrected chi connectivity index (χ1v) is 11.8. The maximum absolute atomic E-state index is 2.31. The Labute approximate surface area is 192 Å². The predicted molar refractivity (Wildman–Crippen MR) is 141 cm³/mol. The van der Waals surface area contributed by atoms with Gasteiger partial charge in [0, 0.05) is 5.25 Å². The zero-order chi connectivity index (χ0) is 22.2. The molecule has 31 heavy (non-hydrogen) atoms. The normalized spacial score (nSPS) is 12.7. The van der Waals surface area contributed by atoms with Crippen LogP contribution in [0.3, 0.4) is 0 Å². The molecule has 0 aliphatic carbocycles. The second kappa shape index (κ2) is 11.0. The van der Waals surface area contributed by atoms with Crippen molar-refractivity contribution in [3.8, 4) is 0 Å². The summed E-state index contributed by atoms with van der Waals surface area (Å²) in [6.07, 6.45) is 6.75. The van der Waals surface area contributed by atoms with Crippen molar-refractivity contribution in [1.29, 1.82) is 0 Å². The largest absolute Gasteiger partial charge is 0.131 e. The van der Waals surface area contributed by atoms with Gasteiger partial charge in [-0.15, -0.1) is 11.8 Å². The summed E-state index contributed by atoms with van der Waals surface area (Å²) in [4.78, 5) is 0. The van der Waals surface area contributed by atoms with Gasteiger partial charge in [-0.3, -0.25) is 0 Å². The molecule has 0 saturated carbocycles. The number of allylic oxidation sites excluding steroid dienone is 3. The van der Waals surface area contributed by atoms with Crippen molar-refractivity contribution in [1.82, 2.24) is 0 Å². The van der Waals surface area contributed by atoms with Crippen LogP contribution in [0.2, 0.25) is 0 Å². The van der Waals surface area contributed by atoms with E-state index in [1.54, 1.807) is 0 Å². The second-order valence-corrected chi connectivity index (χ2v) is 9.79. The van der Waals surface area contributed by atoms with Crippen LogP contribution in [-0.2, 0) is 0 Å². The molecule has 0 aromatic heterocycles. The standard InChI is InChI=1S/C30H32S/c1-22(2)31-21-30(28-17-10-25(5)11-18-28)29(20-27-14-8-24(4)9-15-27)19-16-26-12-6-23(3)7-13-26/h6-22H,1-5H3/b19-16?,29-20-,30-21-. The van der Waals surface area contributed by atoms with Crippen LogP contribution in [0.5, 0.6) is 0 Å². The van der Waals surface area contributed by atoms with Crippen LogP contribution in [0, 0.1) is 20.8 Å². The van der Waals surface area contributed by atoms with Gasteiger partial charge in [-0.2, -0.15) is 0 Å². The molecule has 3 aromatic rings. The molecule has 0 heterocycles. The molecule has 0 fully saturated rings. The smallest absolute Gasteiger partial charge is 0.00320 e. The van der Waals surface area contributed by atoms with Gasteiger partial charge in [-0.25, -0.2) is 0 Å². The first-order chi connectivity index (χ1) is 14.9. The highest BCUT2D eigenvalue weighted by atomic mass is 32.2. The van der Waals surface area contributed by atoms with E-state index in [0.29, 0.717) is 5.25 Å². The minimum Gasteiger partial charge on any atom is -0.131 e. The van der Waals surface area contributed by atoms with E-state index >= 15 is 0 Å². The van der Waals surface area contributed by atoms with Crippen LogP contribution in [0.15, 0.2) is 89.9 Å². The van der Waals surface area contributed by atoms with E-state index in [0.717, 1.165) is 0 Å². The molecule has 1 heteroatoms. The molecule has 0 spiro atoms. The molecule has 3 rings (SSSR count). The molecule has 0 bridgehead atoms. The number of aryl methyl sites for hydroxylation is 3. The van der Waals surface area contributed by atoms with Gasteiger partial charge in [0.2, 0.25) is 0 Å². The van der Waals surface area contributed by atoms with Crippen LogP contribution >= 0.6 is 11.8 Å². The Hall–Kier alpha value is -2.77. The molecule has 0 atom stereocenters. The topological polar surface area (TPSA) is 0 Å². The van der Waals surface area contributed by atoms with E-state index in [1.165, 1.54) is 44.5 Å². The first-order valence-electron chi connectivity index (χ1n) is 10.9. The highest BCUT2D eigenvalue weighted by Gasteiger charge is 2.08. The minimum absolute atomic E-state index is 0.530. The summed E-state index contributed by atoms with van der Waals surface area (Å²) in [5.41, 5.74) is 9.95. The van der Waals surface area contributed by atoms with Crippen molar-refractivity contribution < 1.29 is 0 Å². The van der Waals surface area contributed by atoms with Gasteiger partial charge in [0.05, 0.1) is 0 Å². The van der Waals surface area contributed by atoms with Gasteiger partial charge in [0.25, 0.3) is 0 Å². The molecular formula is C30H32S. The summed E-state index contributed by atoms with van der Waals surface area (Å²) < 4.78 is 0. The number of benzene rings is 3. The molecule has 0 N–H and O–H groups in total. The lowest BCUT2D eigenvalue weighted by Gasteiger charge is -2.12. The monoisotopic (exact) mass is 424 g/mol. The van der Waals surface area contributed by atoms with Gasteiger partial charge in [0.1, 0.15) is 0 Å². The maximum atomic E-state index is 2.31. The molecule has 0 unspecified atom stereocenters. The van der Waals surface area contributed by atoms with E-state index in [4.69, 9.17) is 0 Å². The zero-order valence-corrected chi connectivity index (χ0v) is 20.0. The third-order valence-corrected chi connectivity index (χ3v) is 5.98. The Morgan fingerprint density at radius 1 is 0.677 bits per heavy atom. The molecular weight excluding hydrogens is 392 g/mol. The summed E-state index contributed by atoms with van der Waals surface area (Å²) in [7, 11) is 0. The fraction of sp³-hybridized carbons (Fsp3) is 0.200. The van der Waals surface area contributed by atoms with Crippen LogP contribution in [0.1, 0.15) is 47.2 Å². The van der Waals surface area contributed by atoms with E-state index in [-0.39, 0.29) is 0 Å². The van der Waals surface area contributed by atoms with Gasteiger partial charge in [0.15, 0.2) is 0 Å². The molecule has 0 aliphatic heterocycles. The Morgan fingerprint density at radius 3 is 1.68 bits per heavy atom. The summed E-state index contributed by atoms with van der Waals surface area (Å²) in [6.45, 7) is 10.9. The summed E-state index contributed by atoms with van der Waals surface area (Å²) in [6, 6.07) is 26.2. The second-order valence-electron chi connectivity index (χ2n) is 8.34. The van der Waals surface area contributed by atoms with Crippen LogP contribution in [0.25, 0.3) is 17.7 Å². The molecule has 0 nitrogen and oxygen atoms in total. The summed E-state index contributed by atoms with van der Waals surface area (Å²) in [5, 5.41) is 2.84. The van der Waals surface area contributed by atoms with Crippen molar-refractivity contribution in [2.45, 2.75) is 39.9 Å². The summed E-state index contributed by atoms with van der Waals surface area (Å²) in [5.74, 6) is 0. The van der Waals surface area contributed by atoms with E-state index in [1.807, 2.05) is 11.8 Å². The number of hydrogen-bond donors (Lipinski definition) is 0. The summed E-state index contributed by atoms with van der Waals surface area (Å²) >= 11 is 1.87. The Bertz CT molecular complexity index is 1060. The van der Waals surface area contributed by atoms with Crippen molar-refractivity contribution in [3.63, 3.8) is 0 Å². The lowest BCUT2D eigenvalue weighted by Crippen LogP contribution is -1.91. The SMILES string of the molecule is Cc1ccc(C=CC(=C/c2ccc(C)cc2)/C(=C\SC(C)C)c2ccc(C)cc2)cc1. The van der Waals surface area contributed by atoms with E-state index in [2.05, 4.69) is 131 Å². The van der Waals surface area contributed by atoms with Crippen molar-refractivity contribution >= 4 is 29.5 Å². The van der Waals surface area contributed by atoms with Gasteiger partial charge >= 0.3 is 0 Å². The highest BCUT2D eigenvalue weighted by Crippen LogP contribution is 2.31. The predicted octanol–water partition coefficient (Wildman–Crippen LogP) is 8.89. The third-order valence-electron chi connectivity index (χ3n) is 5.06. The van der Waals surface area contributed by atoms with Crippen LogP contribution < -0.4 is 0 Å². The highest BCUT2D eigenvalue weighted by molar-refractivity contribution is 8.02. The van der Waals surface area contributed by atoms with Crippen molar-refractivity contribution in [2.24, 2.45) is 0 Å². The number of hydrogen-bond acceptors (Lipinski definition) is 1. The Balaban J connectivity index is 2.09. The van der Waals surface area contributed by atoms with Gasteiger partial charge in [-0.05, 0) is 60.1 Å². The van der Waals surface area contributed by atoms with Crippen molar-refractivity contribution in [2.75, 3.05) is 0 Å². The number of thioether (sulfide) groups is 1. The van der Waals surface area contributed by atoms with E-state index in [9.17, 15) is 0 Å². The lowest BCUT2D eigenvalue weighted by molar-refractivity contribution is 1.12. The quantitative estimate of drug-likeness (QED) is 0.341.